The summed E-state index contributed by atoms with van der Waals surface area (Å²) < 4.78 is 11.5. The number of allylic oxidation sites excluding steroid dienone is 1. The summed E-state index contributed by atoms with van der Waals surface area (Å²) in [5.74, 6) is 0. The van der Waals surface area contributed by atoms with Gasteiger partial charge in [-0.25, -0.2) is 4.39 Å². The van der Waals surface area contributed by atoms with Crippen molar-refractivity contribution in [2.45, 2.75) is 5.63 Å². The molecule has 1 atom stereocenters. The number of aliphatic hydroxyl groups is 1. The molecule has 0 aromatic carbocycles. The zero-order valence-corrected chi connectivity index (χ0v) is 4.75. The van der Waals surface area contributed by atoms with E-state index in [1.807, 2.05) is 0 Å². The minimum atomic E-state index is -1.79. The fourth-order valence-electron chi connectivity index (χ4n) is 0.0563. The molecule has 0 saturated carbocycles. The molecule has 0 aromatic heterocycles. The van der Waals surface area contributed by atoms with Crippen molar-refractivity contribution in [1.29, 1.82) is 0 Å². The highest BCUT2D eigenvalue weighted by Crippen LogP contribution is 2.13. The largest absolute Gasteiger partial charge is 0.514 e. The summed E-state index contributed by atoms with van der Waals surface area (Å²) in [6.07, 6.45) is 0.416. The van der Waals surface area contributed by atoms with E-state index in [2.05, 4.69) is 0 Å². The highest BCUT2D eigenvalue weighted by molar-refractivity contribution is 6.36. The van der Waals surface area contributed by atoms with Crippen molar-refractivity contribution in [3.63, 3.8) is 0 Å². The molecular formula is C3H3Cl2FO. The first-order valence-corrected chi connectivity index (χ1v) is 2.28. The van der Waals surface area contributed by atoms with Crippen molar-refractivity contribution < 1.29 is 9.50 Å². The molecule has 0 aliphatic rings. The quantitative estimate of drug-likeness (QED) is 0.442. The molecule has 1 N–H and O–H groups in total. The number of halogens is 3. The van der Waals surface area contributed by atoms with E-state index < -0.39 is 10.7 Å². The van der Waals surface area contributed by atoms with Gasteiger partial charge in [0, 0.05) is 0 Å². The summed E-state index contributed by atoms with van der Waals surface area (Å²) in [6, 6.07) is 0. The predicted octanol–water partition coefficient (Wildman–Crippen LogP) is 2.16. The number of hydrogen-bond donors (Lipinski definition) is 1. The van der Waals surface area contributed by atoms with E-state index in [1.165, 1.54) is 0 Å². The highest BCUT2D eigenvalue weighted by Gasteiger charge is 2.03. The van der Waals surface area contributed by atoms with Gasteiger partial charge in [-0.3, -0.25) is 0 Å². The van der Waals surface area contributed by atoms with Gasteiger partial charge in [-0.1, -0.05) is 23.2 Å². The van der Waals surface area contributed by atoms with Crippen LogP contribution in [0.4, 0.5) is 4.39 Å². The molecule has 0 radical (unpaired) electrons. The molecule has 0 bridgehead atoms. The molecule has 1 unspecified atom stereocenters. The average molecular weight is 145 g/mol. The molecule has 42 valence electrons. The van der Waals surface area contributed by atoms with Crippen LogP contribution in [0.15, 0.2) is 11.3 Å². The van der Waals surface area contributed by atoms with Crippen LogP contribution in [0.25, 0.3) is 0 Å². The molecule has 7 heavy (non-hydrogen) atoms. The first kappa shape index (κ1) is 7.05. The van der Waals surface area contributed by atoms with Gasteiger partial charge in [-0.05, 0) is 0 Å². The lowest BCUT2D eigenvalue weighted by molar-refractivity contribution is 0.447. The van der Waals surface area contributed by atoms with E-state index >= 15 is 0 Å². The summed E-state index contributed by atoms with van der Waals surface area (Å²) >= 11 is 9.61. The Balaban J connectivity index is 3.56. The second-order valence-electron chi connectivity index (χ2n) is 0.815. The molecule has 0 aliphatic heterocycles. The Morgan fingerprint density at radius 1 is 1.86 bits per heavy atom. The van der Waals surface area contributed by atoms with Crippen molar-refractivity contribution in [3.8, 4) is 0 Å². The zero-order chi connectivity index (χ0) is 5.86. The molecule has 0 spiro atoms. The normalized spacial score (nSPS) is 16.7. The van der Waals surface area contributed by atoms with E-state index in [1.54, 1.807) is 0 Å². The van der Waals surface area contributed by atoms with Crippen molar-refractivity contribution in [2.75, 3.05) is 0 Å². The molecule has 0 heterocycles. The maximum atomic E-state index is 11.5. The minimum Gasteiger partial charge on any atom is -0.514 e. The zero-order valence-electron chi connectivity index (χ0n) is 3.24. The number of alkyl halides is 2. The summed E-state index contributed by atoms with van der Waals surface area (Å²) in [5, 5.41) is 7.49. The summed E-state index contributed by atoms with van der Waals surface area (Å²) in [4.78, 5) is 0. The van der Waals surface area contributed by atoms with Gasteiger partial charge in [0.1, 0.15) is 5.03 Å². The van der Waals surface area contributed by atoms with E-state index in [4.69, 9.17) is 28.3 Å². The van der Waals surface area contributed by atoms with Gasteiger partial charge in [0.2, 0.25) is 5.63 Å². The molecule has 0 aromatic rings. The summed E-state index contributed by atoms with van der Waals surface area (Å²) in [7, 11) is 0. The lowest BCUT2D eigenvalue weighted by Crippen LogP contribution is -1.85. The lowest BCUT2D eigenvalue weighted by Gasteiger charge is -1.89. The van der Waals surface area contributed by atoms with Crippen LogP contribution in [0.2, 0.25) is 0 Å². The fraction of sp³-hybridized carbons (Fsp3) is 0.333. The maximum absolute atomic E-state index is 11.5. The number of hydrogen-bond acceptors (Lipinski definition) is 1. The van der Waals surface area contributed by atoms with Crippen molar-refractivity contribution in [3.05, 3.63) is 11.3 Å². The Hall–Kier alpha value is 0.0500. The summed E-state index contributed by atoms with van der Waals surface area (Å²) in [6.45, 7) is 0. The Bertz CT molecular complexity index is 81.0. The maximum Gasteiger partial charge on any atom is 0.212 e. The molecule has 0 amide bonds. The van der Waals surface area contributed by atoms with Gasteiger partial charge in [-0.15, -0.1) is 0 Å². The van der Waals surface area contributed by atoms with E-state index in [0.29, 0.717) is 6.26 Å². The molecule has 1 nitrogen and oxygen atoms in total. The second-order valence-corrected chi connectivity index (χ2v) is 1.63. The Morgan fingerprint density at radius 3 is 2.29 bits per heavy atom. The van der Waals surface area contributed by atoms with Gasteiger partial charge in [0.25, 0.3) is 0 Å². The van der Waals surface area contributed by atoms with Gasteiger partial charge in [0.15, 0.2) is 0 Å². The third kappa shape index (κ3) is 2.71. The number of rotatable bonds is 1. The third-order valence-corrected chi connectivity index (χ3v) is 0.968. The van der Waals surface area contributed by atoms with Crippen LogP contribution in [-0.4, -0.2) is 10.7 Å². The molecule has 4 heteroatoms. The predicted molar refractivity (Wildman–Crippen MR) is 27.3 cm³/mol. The molecule has 0 aliphatic carbocycles. The first-order chi connectivity index (χ1) is 3.18. The Morgan fingerprint density at radius 2 is 2.29 bits per heavy atom. The smallest absolute Gasteiger partial charge is 0.212 e. The van der Waals surface area contributed by atoms with Crippen molar-refractivity contribution in [1.82, 2.24) is 0 Å². The SMILES string of the molecule is OC=C(Cl)C(F)Cl. The fourth-order valence-corrected chi connectivity index (χ4v) is 0.113. The van der Waals surface area contributed by atoms with Crippen LogP contribution in [0, 0.1) is 0 Å². The molecule has 0 saturated heterocycles. The minimum absolute atomic E-state index is 0.401. The van der Waals surface area contributed by atoms with Crippen LogP contribution in [0.5, 0.6) is 0 Å². The first-order valence-electron chi connectivity index (χ1n) is 1.46. The standard InChI is InChI=1S/C3H3Cl2FO/c4-2(1-7)3(5)6/h1,3,7H. The third-order valence-electron chi connectivity index (χ3n) is 0.332. The average Bonchev–Trinajstić information content (AvgIpc) is 1.65. The van der Waals surface area contributed by atoms with Gasteiger partial charge in [-0.2, -0.15) is 0 Å². The van der Waals surface area contributed by atoms with Crippen LogP contribution in [0.3, 0.4) is 0 Å². The Kier molecular flexibility index (Phi) is 3.13. The summed E-state index contributed by atoms with van der Waals surface area (Å²) in [5.41, 5.74) is -1.79. The topological polar surface area (TPSA) is 20.2 Å². The molecular weight excluding hydrogens is 142 g/mol. The van der Waals surface area contributed by atoms with Crippen LogP contribution >= 0.6 is 23.2 Å². The van der Waals surface area contributed by atoms with E-state index in [-0.39, 0.29) is 0 Å². The van der Waals surface area contributed by atoms with Gasteiger partial charge in [0.05, 0.1) is 6.26 Å². The van der Waals surface area contributed by atoms with E-state index in [9.17, 15) is 4.39 Å². The van der Waals surface area contributed by atoms with Crippen molar-refractivity contribution in [2.24, 2.45) is 0 Å². The number of aliphatic hydroxyl groups excluding tert-OH is 1. The van der Waals surface area contributed by atoms with Gasteiger partial charge < -0.3 is 5.11 Å². The van der Waals surface area contributed by atoms with Crippen LogP contribution < -0.4 is 0 Å². The molecule has 0 rings (SSSR count). The van der Waals surface area contributed by atoms with E-state index in [0.717, 1.165) is 0 Å². The highest BCUT2D eigenvalue weighted by atomic mass is 35.5. The monoisotopic (exact) mass is 144 g/mol. The van der Waals surface area contributed by atoms with Gasteiger partial charge >= 0.3 is 0 Å². The van der Waals surface area contributed by atoms with Crippen LogP contribution in [-0.2, 0) is 0 Å². The lowest BCUT2D eigenvalue weighted by atomic mass is 10.7. The second kappa shape index (κ2) is 3.10. The Labute approximate surface area is 50.3 Å². The van der Waals surface area contributed by atoms with Crippen LogP contribution in [0.1, 0.15) is 0 Å². The van der Waals surface area contributed by atoms with Crippen molar-refractivity contribution >= 4 is 23.2 Å². The molecule has 0 fully saturated rings.